The molecule has 1 aromatic rings. The number of likely N-dealkylation sites (tertiary alicyclic amines) is 2. The minimum Gasteiger partial charge on any atom is -0.341 e. The summed E-state index contributed by atoms with van der Waals surface area (Å²) < 4.78 is 0. The molecule has 4 atom stereocenters. The molecule has 9 heteroatoms. The number of carbonyl (C=O) groups is 4. The fourth-order valence-electron chi connectivity index (χ4n) is 6.85. The van der Waals surface area contributed by atoms with E-state index >= 15 is 0 Å². The van der Waals surface area contributed by atoms with Gasteiger partial charge in [0.1, 0.15) is 18.0 Å². The fourth-order valence-corrected chi connectivity index (χ4v) is 6.85. The van der Waals surface area contributed by atoms with Crippen molar-refractivity contribution >= 4 is 29.4 Å². The summed E-state index contributed by atoms with van der Waals surface area (Å²) in [4.78, 5) is 60.8. The Morgan fingerprint density at radius 1 is 1.12 bits per heavy atom. The maximum Gasteiger partial charge on any atom is 0.256 e. The molecule has 4 fully saturated rings. The van der Waals surface area contributed by atoms with Gasteiger partial charge < -0.3 is 15.1 Å². The van der Waals surface area contributed by atoms with E-state index in [1.807, 2.05) is 11.9 Å². The second-order valence-electron chi connectivity index (χ2n) is 9.95. The molecular formula is C23H27N5O4. The highest BCUT2D eigenvalue weighted by atomic mass is 16.2. The van der Waals surface area contributed by atoms with Crippen molar-refractivity contribution in [1.29, 1.82) is 0 Å². The Kier molecular flexibility index (Phi) is 4.16. The van der Waals surface area contributed by atoms with Crippen LogP contribution in [0.2, 0.25) is 0 Å². The number of nitrogens with zero attached hydrogens (tertiary/aromatic N) is 4. The van der Waals surface area contributed by atoms with Crippen molar-refractivity contribution in [3.05, 3.63) is 23.9 Å². The van der Waals surface area contributed by atoms with Gasteiger partial charge in [0.05, 0.1) is 17.4 Å². The number of rotatable bonds is 2. The molecule has 0 unspecified atom stereocenters. The first-order valence-corrected chi connectivity index (χ1v) is 11.5. The van der Waals surface area contributed by atoms with Gasteiger partial charge in [-0.3, -0.25) is 24.1 Å². The van der Waals surface area contributed by atoms with Crippen LogP contribution in [0.5, 0.6) is 0 Å². The van der Waals surface area contributed by atoms with Crippen molar-refractivity contribution in [3.63, 3.8) is 0 Å². The number of aromatic nitrogens is 1. The highest BCUT2D eigenvalue weighted by molar-refractivity contribution is 6.08. The van der Waals surface area contributed by atoms with E-state index in [-0.39, 0.29) is 42.0 Å². The average Bonchev–Trinajstić information content (AvgIpc) is 3.48. The number of anilines is 1. The molecular weight excluding hydrogens is 410 g/mol. The van der Waals surface area contributed by atoms with E-state index in [0.29, 0.717) is 49.1 Å². The van der Waals surface area contributed by atoms with Crippen molar-refractivity contribution in [2.75, 3.05) is 31.6 Å². The van der Waals surface area contributed by atoms with Crippen LogP contribution in [-0.4, -0.2) is 70.8 Å². The molecule has 168 valence electrons. The molecule has 5 aliphatic rings. The van der Waals surface area contributed by atoms with Crippen LogP contribution in [0, 0.1) is 23.7 Å². The Balaban J connectivity index is 1.13. The summed E-state index contributed by atoms with van der Waals surface area (Å²) in [5.41, 5.74) is -0.0465. The van der Waals surface area contributed by atoms with Crippen molar-refractivity contribution in [2.24, 2.45) is 23.7 Å². The number of pyridine rings is 1. The summed E-state index contributed by atoms with van der Waals surface area (Å²) in [7, 11) is 1.91. The lowest BCUT2D eigenvalue weighted by molar-refractivity contribution is -0.147. The van der Waals surface area contributed by atoms with E-state index in [1.165, 1.54) is 4.90 Å². The highest BCUT2D eigenvalue weighted by Crippen LogP contribution is 2.56. The average molecular weight is 438 g/mol. The third-order valence-electron chi connectivity index (χ3n) is 8.59. The zero-order valence-electron chi connectivity index (χ0n) is 18.1. The smallest absolute Gasteiger partial charge is 0.256 e. The van der Waals surface area contributed by atoms with Gasteiger partial charge >= 0.3 is 0 Å². The van der Waals surface area contributed by atoms with Crippen LogP contribution < -0.4 is 10.2 Å². The number of imide groups is 1. The topological polar surface area (TPSA) is 103 Å². The first-order valence-electron chi connectivity index (χ1n) is 11.5. The number of carbonyl (C=O) groups excluding carboxylic acids is 4. The van der Waals surface area contributed by atoms with Gasteiger partial charge in [0.15, 0.2) is 0 Å². The molecule has 6 rings (SSSR count). The highest BCUT2D eigenvalue weighted by Gasteiger charge is 2.61. The van der Waals surface area contributed by atoms with E-state index in [4.69, 9.17) is 0 Å². The minimum atomic E-state index is -0.593. The minimum absolute atomic E-state index is 0.143. The van der Waals surface area contributed by atoms with Gasteiger partial charge in [0.25, 0.3) is 5.91 Å². The van der Waals surface area contributed by atoms with Gasteiger partial charge in [-0.2, -0.15) is 0 Å². The van der Waals surface area contributed by atoms with Crippen LogP contribution >= 0.6 is 0 Å². The fraction of sp³-hybridized carbons (Fsp3) is 0.609. The number of hydrogen-bond donors (Lipinski definition) is 1. The van der Waals surface area contributed by atoms with Crippen LogP contribution in [0.15, 0.2) is 18.3 Å². The summed E-state index contributed by atoms with van der Waals surface area (Å²) in [5, 5.41) is 3.12. The summed E-state index contributed by atoms with van der Waals surface area (Å²) in [5.74, 6) is 0.251. The standard InChI is InChI=1S/C23H27N5O4/c1-26-19-15(3-2-8-24-19)20(30)25-23(26)6-9-27(10-7-23)16(29)12-28-21(31)17-13-4-5-14(11-13)18(17)22(28)32/h2-3,8,13-14,17-18H,4-7,9-12H2,1H3,(H,25,30)/t13-,14-,17+,18+/m0/s1. The van der Waals surface area contributed by atoms with E-state index < -0.39 is 5.66 Å². The molecule has 9 nitrogen and oxygen atoms in total. The lowest BCUT2D eigenvalue weighted by atomic mass is 9.81. The van der Waals surface area contributed by atoms with Crippen LogP contribution in [-0.2, 0) is 14.4 Å². The SMILES string of the molecule is CN1c2ncccc2C(=O)NC12CCN(C(=O)CN1C(=O)[C@@H]3[C@H]4CC[C@@H](C4)[C@H]3C1=O)CC2. The molecule has 2 bridgehead atoms. The van der Waals surface area contributed by atoms with Crippen LogP contribution in [0.4, 0.5) is 5.82 Å². The first kappa shape index (κ1) is 19.7. The lowest BCUT2D eigenvalue weighted by Crippen LogP contribution is -2.67. The molecule has 0 radical (unpaired) electrons. The summed E-state index contributed by atoms with van der Waals surface area (Å²) in [6, 6.07) is 3.50. The monoisotopic (exact) mass is 437 g/mol. The van der Waals surface area contributed by atoms with Crippen molar-refractivity contribution in [3.8, 4) is 0 Å². The summed E-state index contributed by atoms with van der Waals surface area (Å²) in [6.45, 7) is 0.726. The summed E-state index contributed by atoms with van der Waals surface area (Å²) in [6.07, 6.45) is 5.81. The zero-order valence-corrected chi connectivity index (χ0v) is 18.1. The predicted molar refractivity (Wildman–Crippen MR) is 113 cm³/mol. The molecule has 1 aromatic heterocycles. The number of fused-ring (bicyclic) bond motifs is 6. The molecule has 4 heterocycles. The Hall–Kier alpha value is -2.97. The lowest BCUT2D eigenvalue weighted by Gasteiger charge is -2.50. The maximum absolute atomic E-state index is 13.0. The number of nitrogens with one attached hydrogen (secondary N) is 1. The molecule has 32 heavy (non-hydrogen) atoms. The number of hydrogen-bond acceptors (Lipinski definition) is 6. The van der Waals surface area contributed by atoms with Gasteiger partial charge in [0, 0.05) is 39.2 Å². The van der Waals surface area contributed by atoms with Crippen LogP contribution in [0.25, 0.3) is 0 Å². The van der Waals surface area contributed by atoms with E-state index in [2.05, 4.69) is 10.3 Å². The number of piperidine rings is 1. The predicted octanol–water partition coefficient (Wildman–Crippen LogP) is 0.611. The van der Waals surface area contributed by atoms with E-state index in [9.17, 15) is 19.2 Å². The molecule has 2 aliphatic carbocycles. The third-order valence-corrected chi connectivity index (χ3v) is 8.59. The molecule has 2 saturated carbocycles. The normalized spacial score (nSPS) is 32.4. The van der Waals surface area contributed by atoms with Crippen molar-refractivity contribution in [1.82, 2.24) is 20.1 Å². The first-order chi connectivity index (χ1) is 15.4. The van der Waals surface area contributed by atoms with Crippen LogP contribution in [0.3, 0.4) is 0 Å². The van der Waals surface area contributed by atoms with Crippen LogP contribution in [0.1, 0.15) is 42.5 Å². The largest absolute Gasteiger partial charge is 0.341 e. The van der Waals surface area contributed by atoms with Gasteiger partial charge in [-0.25, -0.2) is 4.98 Å². The molecule has 0 aromatic carbocycles. The molecule has 4 amide bonds. The third kappa shape index (κ3) is 2.59. The second kappa shape index (κ2) is 6.76. The molecule has 1 spiro atoms. The van der Waals surface area contributed by atoms with E-state index in [1.54, 1.807) is 23.2 Å². The van der Waals surface area contributed by atoms with Crippen molar-refractivity contribution < 1.29 is 19.2 Å². The van der Waals surface area contributed by atoms with E-state index in [0.717, 1.165) is 19.3 Å². The van der Waals surface area contributed by atoms with Gasteiger partial charge in [-0.05, 0) is 43.2 Å². The van der Waals surface area contributed by atoms with Gasteiger partial charge in [0.2, 0.25) is 17.7 Å². The Morgan fingerprint density at radius 2 is 1.78 bits per heavy atom. The summed E-state index contributed by atoms with van der Waals surface area (Å²) >= 11 is 0. The Morgan fingerprint density at radius 3 is 2.44 bits per heavy atom. The molecule has 1 N–H and O–H groups in total. The Bertz CT molecular complexity index is 1000. The quantitative estimate of drug-likeness (QED) is 0.680. The molecule has 2 saturated heterocycles. The van der Waals surface area contributed by atoms with Gasteiger partial charge in [-0.15, -0.1) is 0 Å². The van der Waals surface area contributed by atoms with Crippen molar-refractivity contribution in [2.45, 2.75) is 37.8 Å². The second-order valence-corrected chi connectivity index (χ2v) is 9.95. The number of amides is 4. The zero-order chi connectivity index (χ0) is 22.2. The van der Waals surface area contributed by atoms with Gasteiger partial charge in [-0.1, -0.05) is 0 Å². The molecule has 3 aliphatic heterocycles. The maximum atomic E-state index is 13.0. The Labute approximate surface area is 186 Å².